The quantitative estimate of drug-likeness (QED) is 0.0944. The van der Waals surface area contributed by atoms with Gasteiger partial charge in [0.25, 0.3) is 5.91 Å². The summed E-state index contributed by atoms with van der Waals surface area (Å²) in [6.07, 6.45) is 7.02. The Morgan fingerprint density at radius 1 is 1.07 bits per heavy atom. The van der Waals surface area contributed by atoms with Crippen molar-refractivity contribution in [1.82, 2.24) is 20.7 Å². The fourth-order valence-electron chi connectivity index (χ4n) is 4.42. The number of carbonyl (C=O) groups excluding carboxylic acids is 3. The first-order chi connectivity index (χ1) is 19.9. The molecule has 3 N–H and O–H groups in total. The number of nitrogens with one attached hydrogen (secondary N) is 2. The molecular weight excluding hydrogens is 528 g/mol. The lowest BCUT2D eigenvalue weighted by Crippen LogP contribution is -2.48. The van der Waals surface area contributed by atoms with Crippen LogP contribution in [0.15, 0.2) is 65.3 Å². The van der Waals surface area contributed by atoms with Gasteiger partial charge in [-0.15, -0.1) is 0 Å². The van der Waals surface area contributed by atoms with Gasteiger partial charge in [-0.1, -0.05) is 63.4 Å². The number of nitrogens with zero attached hydrogens (tertiary/aromatic N) is 2. The summed E-state index contributed by atoms with van der Waals surface area (Å²) < 4.78 is 5.58. The SMILES string of the molecule is CCCCC[C@@H](C(=O)NCNC(=O)c1ccc(-c2cncc(C(=O)O)c2)o1)[C@@H](CC)N(C=O)OCc1ccccc1. The number of carboxylic acid groups (broad SMARTS) is 1. The minimum absolute atomic E-state index is 0.00917. The summed E-state index contributed by atoms with van der Waals surface area (Å²) in [6, 6.07) is 13.3. The molecule has 0 aliphatic heterocycles. The average molecular weight is 565 g/mol. The van der Waals surface area contributed by atoms with E-state index in [0.717, 1.165) is 24.8 Å². The molecule has 1 aromatic carbocycles. The van der Waals surface area contributed by atoms with Crippen LogP contribution in [0.2, 0.25) is 0 Å². The maximum absolute atomic E-state index is 13.3. The molecule has 0 bridgehead atoms. The fourth-order valence-corrected chi connectivity index (χ4v) is 4.42. The molecule has 11 nitrogen and oxygen atoms in total. The van der Waals surface area contributed by atoms with Gasteiger partial charge in [0.15, 0.2) is 5.76 Å². The highest BCUT2D eigenvalue weighted by atomic mass is 16.7. The number of benzene rings is 1. The lowest BCUT2D eigenvalue weighted by Gasteiger charge is -2.32. The Bertz CT molecular complexity index is 1290. The molecule has 3 rings (SSSR count). The highest BCUT2D eigenvalue weighted by molar-refractivity contribution is 5.92. The standard InChI is InChI=1S/C30H36N4O7/c1-3-5-7-12-24(25(4-2)34(20-35)40-18-21-10-8-6-9-11-21)28(36)32-19-33-29(37)27-14-13-26(41-27)22-15-23(30(38)39)17-31-16-22/h6,8-11,13-17,20,24-25H,3-5,7,12,18-19H2,1-2H3,(H,32,36)(H,33,37)(H,38,39)/t24-,25-/m1/s1. The normalized spacial score (nSPS) is 12.2. The van der Waals surface area contributed by atoms with E-state index in [2.05, 4.69) is 22.5 Å². The Morgan fingerprint density at radius 3 is 2.54 bits per heavy atom. The number of furan rings is 1. The van der Waals surface area contributed by atoms with Gasteiger partial charge in [-0.2, -0.15) is 0 Å². The third-order valence-electron chi connectivity index (χ3n) is 6.60. The van der Waals surface area contributed by atoms with Crippen molar-refractivity contribution in [2.75, 3.05) is 6.67 Å². The number of hydroxylamine groups is 2. The predicted octanol–water partition coefficient (Wildman–Crippen LogP) is 4.41. The summed E-state index contributed by atoms with van der Waals surface area (Å²) in [6.45, 7) is 4.00. The summed E-state index contributed by atoms with van der Waals surface area (Å²) in [7, 11) is 0. The summed E-state index contributed by atoms with van der Waals surface area (Å²) in [5, 5.41) is 15.7. The van der Waals surface area contributed by atoms with Gasteiger partial charge in [0.2, 0.25) is 12.3 Å². The number of aromatic nitrogens is 1. The van der Waals surface area contributed by atoms with E-state index in [1.54, 1.807) is 0 Å². The van der Waals surface area contributed by atoms with Crippen molar-refractivity contribution in [3.05, 3.63) is 77.8 Å². The van der Waals surface area contributed by atoms with Crippen LogP contribution in [0.1, 0.15) is 72.4 Å². The second-order valence-corrected chi connectivity index (χ2v) is 9.46. The van der Waals surface area contributed by atoms with Gasteiger partial charge >= 0.3 is 5.97 Å². The molecule has 3 aromatic rings. The summed E-state index contributed by atoms with van der Waals surface area (Å²) in [4.78, 5) is 58.8. The zero-order chi connectivity index (χ0) is 29.6. The second-order valence-electron chi connectivity index (χ2n) is 9.46. The zero-order valence-corrected chi connectivity index (χ0v) is 23.2. The van der Waals surface area contributed by atoms with Crippen LogP contribution in [0.5, 0.6) is 0 Å². The molecule has 2 heterocycles. The van der Waals surface area contributed by atoms with Gasteiger partial charge in [-0.25, -0.2) is 9.86 Å². The van der Waals surface area contributed by atoms with Crippen LogP contribution in [0.25, 0.3) is 11.3 Å². The van der Waals surface area contributed by atoms with Crippen molar-refractivity contribution in [1.29, 1.82) is 0 Å². The van der Waals surface area contributed by atoms with E-state index < -0.39 is 23.8 Å². The number of carbonyl (C=O) groups is 4. The molecule has 218 valence electrons. The monoisotopic (exact) mass is 564 g/mol. The van der Waals surface area contributed by atoms with E-state index in [1.165, 1.54) is 35.7 Å². The molecule has 0 unspecified atom stereocenters. The maximum atomic E-state index is 13.3. The first kappa shape index (κ1) is 31.0. The maximum Gasteiger partial charge on any atom is 0.337 e. The van der Waals surface area contributed by atoms with Crippen molar-refractivity contribution in [3.8, 4) is 11.3 Å². The topological polar surface area (TPSA) is 151 Å². The van der Waals surface area contributed by atoms with Crippen LogP contribution in [0.4, 0.5) is 0 Å². The van der Waals surface area contributed by atoms with Crippen LogP contribution < -0.4 is 10.6 Å². The molecular formula is C30H36N4O7. The van der Waals surface area contributed by atoms with Crippen LogP contribution in [-0.4, -0.2) is 52.1 Å². The first-order valence-corrected chi connectivity index (χ1v) is 13.6. The third kappa shape index (κ3) is 9.00. The fraction of sp³-hybridized carbons (Fsp3) is 0.367. The van der Waals surface area contributed by atoms with Crippen LogP contribution >= 0.6 is 0 Å². The number of hydrogen-bond donors (Lipinski definition) is 3. The molecule has 2 atom stereocenters. The van der Waals surface area contributed by atoms with Crippen LogP contribution in [-0.2, 0) is 21.0 Å². The van der Waals surface area contributed by atoms with Crippen LogP contribution in [0.3, 0.4) is 0 Å². The molecule has 41 heavy (non-hydrogen) atoms. The van der Waals surface area contributed by atoms with Gasteiger partial charge < -0.3 is 20.2 Å². The number of amides is 3. The number of carboxylic acids is 1. The van der Waals surface area contributed by atoms with E-state index in [4.69, 9.17) is 14.4 Å². The molecule has 0 spiro atoms. The highest BCUT2D eigenvalue weighted by Crippen LogP contribution is 2.24. The molecule has 0 aliphatic carbocycles. The van der Waals surface area contributed by atoms with Crippen molar-refractivity contribution in [3.63, 3.8) is 0 Å². The molecule has 0 radical (unpaired) electrons. The number of pyridine rings is 1. The number of rotatable bonds is 17. The Balaban J connectivity index is 1.61. The molecule has 0 saturated heterocycles. The smallest absolute Gasteiger partial charge is 0.337 e. The molecule has 0 fully saturated rings. The number of hydrogen-bond acceptors (Lipinski definition) is 7. The molecule has 0 aliphatic rings. The molecule has 3 amide bonds. The lowest BCUT2D eigenvalue weighted by atomic mass is 9.90. The van der Waals surface area contributed by atoms with Gasteiger partial charge in [0.05, 0.1) is 24.2 Å². The zero-order valence-electron chi connectivity index (χ0n) is 23.2. The Labute approximate surface area is 238 Å². The Morgan fingerprint density at radius 2 is 1.85 bits per heavy atom. The van der Waals surface area contributed by atoms with Crippen molar-refractivity contribution < 1.29 is 33.5 Å². The van der Waals surface area contributed by atoms with E-state index in [0.29, 0.717) is 24.8 Å². The lowest BCUT2D eigenvalue weighted by molar-refractivity contribution is -0.200. The van der Waals surface area contributed by atoms with Gasteiger partial charge in [0, 0.05) is 18.0 Å². The number of unbranched alkanes of at least 4 members (excludes halogenated alkanes) is 2. The second kappa shape index (κ2) is 15.9. The first-order valence-electron chi connectivity index (χ1n) is 13.6. The molecule has 0 saturated carbocycles. The van der Waals surface area contributed by atoms with Crippen molar-refractivity contribution in [2.24, 2.45) is 5.92 Å². The minimum atomic E-state index is -1.13. The Kier molecular flexibility index (Phi) is 12.0. The van der Waals surface area contributed by atoms with Gasteiger partial charge in [-0.05, 0) is 36.6 Å². The molecule has 2 aromatic heterocycles. The molecule has 11 heteroatoms. The number of aromatic carboxylic acids is 1. The average Bonchev–Trinajstić information content (AvgIpc) is 3.49. The third-order valence-corrected chi connectivity index (χ3v) is 6.60. The van der Waals surface area contributed by atoms with Crippen molar-refractivity contribution in [2.45, 2.75) is 58.6 Å². The van der Waals surface area contributed by atoms with Gasteiger partial charge in [0.1, 0.15) is 12.4 Å². The van der Waals surface area contributed by atoms with Crippen LogP contribution in [0, 0.1) is 5.92 Å². The van der Waals surface area contributed by atoms with E-state index >= 15 is 0 Å². The van der Waals surface area contributed by atoms with Crippen molar-refractivity contribution >= 4 is 24.2 Å². The minimum Gasteiger partial charge on any atom is -0.478 e. The largest absolute Gasteiger partial charge is 0.478 e. The van der Waals surface area contributed by atoms with E-state index in [-0.39, 0.29) is 36.3 Å². The van der Waals surface area contributed by atoms with E-state index in [9.17, 15) is 19.2 Å². The van der Waals surface area contributed by atoms with E-state index in [1.807, 2.05) is 37.3 Å². The predicted molar refractivity (Wildman–Crippen MR) is 150 cm³/mol. The highest BCUT2D eigenvalue weighted by Gasteiger charge is 2.32. The summed E-state index contributed by atoms with van der Waals surface area (Å²) >= 11 is 0. The summed E-state index contributed by atoms with van der Waals surface area (Å²) in [5.74, 6) is -2.27. The van der Waals surface area contributed by atoms with Gasteiger partial charge in [-0.3, -0.25) is 24.2 Å². The summed E-state index contributed by atoms with van der Waals surface area (Å²) in [5.41, 5.74) is 1.30. The Hall–Kier alpha value is -4.51.